The van der Waals surface area contributed by atoms with Crippen LogP contribution in [-0.2, 0) is 14.3 Å². The van der Waals surface area contributed by atoms with E-state index in [1.807, 2.05) is 6.08 Å². The van der Waals surface area contributed by atoms with Gasteiger partial charge in [-0.25, -0.2) is 0 Å². The largest absolute Gasteiger partial charge is 0.394 e. The molecule has 0 aromatic heterocycles. The summed E-state index contributed by atoms with van der Waals surface area (Å²) in [5, 5.41) is 54.5. The average molecular weight is 1150 g/mol. The van der Waals surface area contributed by atoms with Gasteiger partial charge in [0.2, 0.25) is 5.91 Å². The van der Waals surface area contributed by atoms with E-state index in [1.54, 1.807) is 6.08 Å². The molecule has 466 valence electrons. The third-order valence-corrected chi connectivity index (χ3v) is 13.9. The van der Waals surface area contributed by atoms with E-state index in [2.05, 4.69) is 189 Å². The highest BCUT2D eigenvalue weighted by atomic mass is 16.7. The van der Waals surface area contributed by atoms with E-state index in [9.17, 15) is 30.3 Å². The minimum absolute atomic E-state index is 0.223. The molecule has 0 spiro atoms. The molecule has 0 saturated carbocycles. The Balaban J connectivity index is 2.23. The third kappa shape index (κ3) is 49.3. The second-order valence-corrected chi connectivity index (χ2v) is 21.4. The topological polar surface area (TPSA) is 149 Å². The second kappa shape index (κ2) is 60.4. The maximum Gasteiger partial charge on any atom is 0.220 e. The van der Waals surface area contributed by atoms with E-state index in [1.165, 1.54) is 57.8 Å². The summed E-state index contributed by atoms with van der Waals surface area (Å²) in [5.74, 6) is -0.223. The Morgan fingerprint density at radius 1 is 0.422 bits per heavy atom. The van der Waals surface area contributed by atoms with E-state index in [4.69, 9.17) is 9.47 Å². The lowest BCUT2D eigenvalue weighted by Gasteiger charge is -2.40. The first-order valence-electron chi connectivity index (χ1n) is 32.5. The maximum absolute atomic E-state index is 13.1. The van der Waals surface area contributed by atoms with Gasteiger partial charge in [-0.2, -0.15) is 0 Å². The number of unbranched alkanes of at least 4 members (excludes halogenated alkanes) is 15. The number of carbonyl (C=O) groups excluding carboxylic acids is 1. The number of allylic oxidation sites excluding steroid dienone is 29. The van der Waals surface area contributed by atoms with Gasteiger partial charge in [-0.05, 0) is 135 Å². The van der Waals surface area contributed by atoms with Gasteiger partial charge in [-0.15, -0.1) is 0 Å². The predicted molar refractivity (Wildman–Crippen MR) is 354 cm³/mol. The van der Waals surface area contributed by atoms with Crippen molar-refractivity contribution in [3.8, 4) is 0 Å². The molecule has 1 saturated heterocycles. The summed E-state index contributed by atoms with van der Waals surface area (Å²) < 4.78 is 11.2. The smallest absolute Gasteiger partial charge is 0.220 e. The van der Waals surface area contributed by atoms with E-state index in [0.29, 0.717) is 19.3 Å². The average Bonchev–Trinajstić information content (AvgIpc) is 3.61. The van der Waals surface area contributed by atoms with E-state index < -0.39 is 49.5 Å². The number of carbonyl (C=O) groups is 1. The highest BCUT2D eigenvalue weighted by molar-refractivity contribution is 5.76. The normalized spacial score (nSPS) is 19.5. The molecule has 9 heteroatoms. The fraction of sp³-hybridized carbons (Fsp3) is 0.581. The molecule has 7 unspecified atom stereocenters. The van der Waals surface area contributed by atoms with Crippen molar-refractivity contribution in [2.75, 3.05) is 13.2 Å². The number of rotatable bonds is 53. The predicted octanol–water partition coefficient (Wildman–Crippen LogP) is 17.5. The monoisotopic (exact) mass is 1150 g/mol. The lowest BCUT2D eigenvalue weighted by atomic mass is 9.99. The zero-order valence-electron chi connectivity index (χ0n) is 51.9. The Hall–Kier alpha value is -4.71. The van der Waals surface area contributed by atoms with Crippen molar-refractivity contribution in [3.63, 3.8) is 0 Å². The highest BCUT2D eigenvalue weighted by Crippen LogP contribution is 2.23. The Kier molecular flexibility index (Phi) is 55.5. The fourth-order valence-corrected chi connectivity index (χ4v) is 8.87. The SMILES string of the molecule is CC/C=C\C/C=C\C/C=C\C/C=C\C/C=C\C/C=C\C/C=C\C/C=C\C/C=C\C/C=C\C/C=C\C/C=C\CCCCCCC(=O)NC(COC1OC(CO)C(O)C(O)C1O)C(O)/C=C/CC/C=C/CC/C=C/CCCCCCCCCCC. The van der Waals surface area contributed by atoms with Crippen molar-refractivity contribution in [2.24, 2.45) is 0 Å². The number of aliphatic hydroxyl groups is 5. The van der Waals surface area contributed by atoms with Gasteiger partial charge in [0, 0.05) is 6.42 Å². The molecule has 1 amide bonds. The molecule has 6 N–H and O–H groups in total. The number of hydrogen-bond donors (Lipinski definition) is 6. The van der Waals surface area contributed by atoms with Crippen LogP contribution >= 0.6 is 0 Å². The molecule has 0 bridgehead atoms. The third-order valence-electron chi connectivity index (χ3n) is 13.9. The number of ether oxygens (including phenoxy) is 2. The molecule has 83 heavy (non-hydrogen) atoms. The maximum atomic E-state index is 13.1. The lowest BCUT2D eigenvalue weighted by molar-refractivity contribution is -0.302. The minimum atomic E-state index is -1.59. The molecule has 0 radical (unpaired) electrons. The molecular formula is C74H117NO8. The number of amides is 1. The van der Waals surface area contributed by atoms with Crippen LogP contribution in [0, 0.1) is 0 Å². The van der Waals surface area contributed by atoms with Crippen molar-refractivity contribution in [1.82, 2.24) is 5.32 Å². The fourth-order valence-electron chi connectivity index (χ4n) is 8.87. The quantitative estimate of drug-likeness (QED) is 0.0261. The van der Waals surface area contributed by atoms with Gasteiger partial charge >= 0.3 is 0 Å². The van der Waals surface area contributed by atoms with Crippen LogP contribution in [0.4, 0.5) is 0 Å². The van der Waals surface area contributed by atoms with Gasteiger partial charge in [0.25, 0.3) is 0 Å². The first-order chi connectivity index (χ1) is 40.8. The molecule has 0 aromatic carbocycles. The minimum Gasteiger partial charge on any atom is -0.394 e. The van der Waals surface area contributed by atoms with Gasteiger partial charge in [-0.3, -0.25) is 4.79 Å². The van der Waals surface area contributed by atoms with E-state index in [-0.39, 0.29) is 12.5 Å². The van der Waals surface area contributed by atoms with Crippen molar-refractivity contribution < 1.29 is 39.8 Å². The van der Waals surface area contributed by atoms with Gasteiger partial charge in [0.05, 0.1) is 25.4 Å². The van der Waals surface area contributed by atoms with Gasteiger partial charge in [0.1, 0.15) is 24.4 Å². The molecule has 0 aliphatic carbocycles. The molecule has 1 aliphatic heterocycles. The second-order valence-electron chi connectivity index (χ2n) is 21.4. The van der Waals surface area contributed by atoms with Crippen molar-refractivity contribution in [1.29, 1.82) is 0 Å². The zero-order chi connectivity index (χ0) is 60.0. The van der Waals surface area contributed by atoms with Crippen LogP contribution in [0.25, 0.3) is 0 Å². The summed E-state index contributed by atoms with van der Waals surface area (Å²) in [7, 11) is 0. The van der Waals surface area contributed by atoms with Crippen LogP contribution in [0.15, 0.2) is 182 Å². The Labute approximate surface area is 506 Å². The first kappa shape index (κ1) is 76.3. The summed E-state index contributed by atoms with van der Waals surface area (Å²) >= 11 is 0. The van der Waals surface area contributed by atoms with Crippen LogP contribution in [0.5, 0.6) is 0 Å². The van der Waals surface area contributed by atoms with E-state index >= 15 is 0 Å². The van der Waals surface area contributed by atoms with Gasteiger partial charge < -0.3 is 40.3 Å². The summed E-state index contributed by atoms with van der Waals surface area (Å²) in [6, 6.07) is -0.857. The van der Waals surface area contributed by atoms with Crippen molar-refractivity contribution in [2.45, 2.75) is 262 Å². The standard InChI is InChI=1S/C74H117NO8/c1-3-5-7-9-11-13-15-17-19-21-23-24-25-26-27-28-29-30-31-32-33-34-35-36-37-38-39-40-41-42-43-44-46-48-50-52-54-56-58-60-62-64-70(78)75-67(66-82-74-73(81)72(80)71(79)69(65-76)83-74)68(77)63-61-59-57-55-53-51-49-47-45-22-20-18-16-14-12-10-8-6-4-2/h5,7,11,13,17,19,23-24,26-27,29-30,32-33,35-36,38-39,41-42,44-47,50,52-53,55,61,63,67-69,71-74,76-77,79-81H,3-4,6,8-10,12,14-16,18,20-22,25,28,31,34,37,40,43,48-49,51,54,56-60,62,64-66H2,1-2H3,(H,75,78)/b7-5-,13-11-,19-17-,24-23-,27-26-,30-29-,33-32-,36-35-,39-38-,42-41-,46-44-,47-45+,52-50-,55-53+,63-61+. The molecule has 1 fully saturated rings. The van der Waals surface area contributed by atoms with Crippen LogP contribution < -0.4 is 5.32 Å². The van der Waals surface area contributed by atoms with Crippen LogP contribution in [0.3, 0.4) is 0 Å². The van der Waals surface area contributed by atoms with Crippen LogP contribution in [0.2, 0.25) is 0 Å². The first-order valence-corrected chi connectivity index (χ1v) is 32.5. The molecule has 0 aromatic rings. The number of hydrogen-bond acceptors (Lipinski definition) is 8. The van der Waals surface area contributed by atoms with Crippen LogP contribution in [-0.4, -0.2) is 87.5 Å². The molecule has 7 atom stereocenters. The molecular weight excluding hydrogens is 1030 g/mol. The van der Waals surface area contributed by atoms with Crippen molar-refractivity contribution in [3.05, 3.63) is 182 Å². The Morgan fingerprint density at radius 3 is 1.16 bits per heavy atom. The van der Waals surface area contributed by atoms with Crippen LogP contribution in [0.1, 0.15) is 219 Å². The Morgan fingerprint density at radius 2 is 0.759 bits per heavy atom. The summed E-state index contributed by atoms with van der Waals surface area (Å²) in [6.07, 6.45) is 91.1. The van der Waals surface area contributed by atoms with Gasteiger partial charge in [0.15, 0.2) is 6.29 Å². The molecule has 1 heterocycles. The summed E-state index contributed by atoms with van der Waals surface area (Å²) in [5.41, 5.74) is 0. The molecule has 1 rings (SSSR count). The summed E-state index contributed by atoms with van der Waals surface area (Å²) in [6.45, 7) is 3.61. The molecule has 9 nitrogen and oxygen atoms in total. The van der Waals surface area contributed by atoms with Gasteiger partial charge in [-0.1, -0.05) is 260 Å². The number of aliphatic hydroxyl groups excluding tert-OH is 5. The van der Waals surface area contributed by atoms with E-state index in [0.717, 1.165) is 128 Å². The lowest BCUT2D eigenvalue weighted by Crippen LogP contribution is -2.60. The zero-order valence-corrected chi connectivity index (χ0v) is 51.9. The molecule has 1 aliphatic rings. The van der Waals surface area contributed by atoms with Crippen molar-refractivity contribution >= 4 is 5.91 Å². The summed E-state index contributed by atoms with van der Waals surface area (Å²) in [4.78, 5) is 13.1. The number of nitrogens with one attached hydrogen (secondary N) is 1. The highest BCUT2D eigenvalue weighted by Gasteiger charge is 2.44. The Bertz CT molecular complexity index is 1960.